The van der Waals surface area contributed by atoms with Crippen LogP contribution in [-0.4, -0.2) is 16.7 Å². The number of benzene rings is 2. The first kappa shape index (κ1) is 12.2. The van der Waals surface area contributed by atoms with E-state index in [-0.39, 0.29) is 0 Å². The molecule has 0 atom stereocenters. The number of nitriles is 1. The molecule has 0 amide bonds. The van der Waals surface area contributed by atoms with E-state index in [1.165, 1.54) is 0 Å². The summed E-state index contributed by atoms with van der Waals surface area (Å²) in [6.45, 7) is 0.624. The number of para-hydroxylation sites is 2. The molecule has 0 radical (unpaired) electrons. The number of methoxy groups -OCH3 is 1. The Kier molecular flexibility index (Phi) is 3.10. The summed E-state index contributed by atoms with van der Waals surface area (Å²) >= 11 is 0. The first-order valence-electron chi connectivity index (χ1n) is 6.28. The Morgan fingerprint density at radius 1 is 1.25 bits per heavy atom. The Morgan fingerprint density at radius 2 is 2.10 bits per heavy atom. The van der Waals surface area contributed by atoms with Crippen LogP contribution >= 0.6 is 0 Å². The van der Waals surface area contributed by atoms with Gasteiger partial charge in [-0.25, -0.2) is 4.98 Å². The fraction of sp³-hybridized carbons (Fsp3) is 0.125. The zero-order chi connectivity index (χ0) is 13.9. The molecule has 0 saturated heterocycles. The lowest BCUT2D eigenvalue weighted by Crippen LogP contribution is -2.01. The van der Waals surface area contributed by atoms with Crippen LogP contribution in [0.2, 0.25) is 0 Å². The lowest BCUT2D eigenvalue weighted by atomic mass is 10.1. The van der Waals surface area contributed by atoms with Crippen LogP contribution in [-0.2, 0) is 6.54 Å². The topological polar surface area (TPSA) is 50.8 Å². The maximum absolute atomic E-state index is 9.01. The van der Waals surface area contributed by atoms with Crippen molar-refractivity contribution in [1.82, 2.24) is 9.55 Å². The molecule has 98 valence electrons. The van der Waals surface area contributed by atoms with Crippen molar-refractivity contribution < 1.29 is 4.74 Å². The molecule has 0 aliphatic carbocycles. The summed E-state index contributed by atoms with van der Waals surface area (Å²) in [5.41, 5.74) is 3.62. The van der Waals surface area contributed by atoms with E-state index in [0.717, 1.165) is 22.3 Å². The number of hydrogen-bond acceptors (Lipinski definition) is 3. The summed E-state index contributed by atoms with van der Waals surface area (Å²) in [5, 5.41) is 9.01. The fourth-order valence-corrected chi connectivity index (χ4v) is 2.29. The molecule has 20 heavy (non-hydrogen) atoms. The molecule has 0 saturated carbocycles. The molecule has 1 aromatic heterocycles. The number of nitrogens with zero attached hydrogens (tertiary/aromatic N) is 3. The third kappa shape index (κ3) is 2.10. The second kappa shape index (κ2) is 5.06. The molecule has 0 aliphatic rings. The van der Waals surface area contributed by atoms with Crippen LogP contribution in [0.15, 0.2) is 48.8 Å². The third-order valence-electron chi connectivity index (χ3n) is 3.28. The summed E-state index contributed by atoms with van der Waals surface area (Å²) in [7, 11) is 1.64. The standard InChI is InChI=1S/C16H13N3O/c1-20-16-7-6-12(9-17)8-13(16)10-19-11-18-14-4-2-3-5-15(14)19/h2-8,11H,10H2,1H3. The van der Waals surface area contributed by atoms with Gasteiger partial charge in [-0.05, 0) is 30.3 Å². The van der Waals surface area contributed by atoms with Gasteiger partial charge in [0.1, 0.15) is 5.75 Å². The van der Waals surface area contributed by atoms with Crippen LogP contribution in [0, 0.1) is 11.3 Å². The number of fused-ring (bicyclic) bond motifs is 1. The molecule has 4 heteroatoms. The monoisotopic (exact) mass is 263 g/mol. The predicted molar refractivity (Wildman–Crippen MR) is 76.5 cm³/mol. The van der Waals surface area contributed by atoms with E-state index in [4.69, 9.17) is 10.00 Å². The molecule has 0 N–H and O–H groups in total. The Hall–Kier alpha value is -2.80. The Labute approximate surface area is 116 Å². The number of ether oxygens (including phenoxy) is 1. The first-order chi connectivity index (χ1) is 9.81. The van der Waals surface area contributed by atoms with Gasteiger partial charge in [0.15, 0.2) is 0 Å². The van der Waals surface area contributed by atoms with Crippen LogP contribution in [0.1, 0.15) is 11.1 Å². The molecule has 0 spiro atoms. The van der Waals surface area contributed by atoms with Crippen molar-refractivity contribution in [3.05, 3.63) is 59.9 Å². The van der Waals surface area contributed by atoms with Gasteiger partial charge in [0.05, 0.1) is 42.6 Å². The van der Waals surface area contributed by atoms with E-state index in [0.29, 0.717) is 12.1 Å². The van der Waals surface area contributed by atoms with Crippen molar-refractivity contribution in [2.75, 3.05) is 7.11 Å². The zero-order valence-electron chi connectivity index (χ0n) is 11.1. The molecule has 4 nitrogen and oxygen atoms in total. The molecule has 0 bridgehead atoms. The molecule has 3 rings (SSSR count). The van der Waals surface area contributed by atoms with E-state index in [1.54, 1.807) is 13.2 Å². The van der Waals surface area contributed by atoms with E-state index >= 15 is 0 Å². The lowest BCUT2D eigenvalue weighted by molar-refractivity contribution is 0.408. The van der Waals surface area contributed by atoms with Gasteiger partial charge in [0.25, 0.3) is 0 Å². The van der Waals surface area contributed by atoms with E-state index in [1.807, 2.05) is 47.3 Å². The maximum atomic E-state index is 9.01. The van der Waals surface area contributed by atoms with Crippen molar-refractivity contribution in [2.45, 2.75) is 6.54 Å². The summed E-state index contributed by atoms with van der Waals surface area (Å²) in [6.07, 6.45) is 1.81. The van der Waals surface area contributed by atoms with Gasteiger partial charge in [0, 0.05) is 5.56 Å². The highest BCUT2D eigenvalue weighted by Crippen LogP contribution is 2.22. The van der Waals surface area contributed by atoms with Crippen molar-refractivity contribution in [3.8, 4) is 11.8 Å². The highest BCUT2D eigenvalue weighted by molar-refractivity contribution is 5.75. The van der Waals surface area contributed by atoms with Gasteiger partial charge in [-0.15, -0.1) is 0 Å². The van der Waals surface area contributed by atoms with Gasteiger partial charge >= 0.3 is 0 Å². The minimum atomic E-state index is 0.624. The summed E-state index contributed by atoms with van der Waals surface area (Å²) in [4.78, 5) is 4.37. The quantitative estimate of drug-likeness (QED) is 0.730. The highest BCUT2D eigenvalue weighted by Gasteiger charge is 2.08. The molecule has 0 unspecified atom stereocenters. The predicted octanol–water partition coefficient (Wildman–Crippen LogP) is 2.96. The van der Waals surface area contributed by atoms with Crippen LogP contribution in [0.4, 0.5) is 0 Å². The van der Waals surface area contributed by atoms with Crippen LogP contribution in [0.3, 0.4) is 0 Å². The van der Waals surface area contributed by atoms with Gasteiger partial charge in [-0.3, -0.25) is 0 Å². The average Bonchev–Trinajstić information content (AvgIpc) is 2.90. The minimum Gasteiger partial charge on any atom is -0.496 e. The molecule has 3 aromatic rings. The molecule has 0 fully saturated rings. The van der Waals surface area contributed by atoms with E-state index in [2.05, 4.69) is 11.1 Å². The van der Waals surface area contributed by atoms with E-state index in [9.17, 15) is 0 Å². The average molecular weight is 263 g/mol. The van der Waals surface area contributed by atoms with Crippen molar-refractivity contribution >= 4 is 11.0 Å². The molecule has 0 aliphatic heterocycles. The largest absolute Gasteiger partial charge is 0.496 e. The smallest absolute Gasteiger partial charge is 0.123 e. The fourth-order valence-electron chi connectivity index (χ4n) is 2.29. The first-order valence-corrected chi connectivity index (χ1v) is 6.28. The summed E-state index contributed by atoms with van der Waals surface area (Å²) in [6, 6.07) is 15.6. The maximum Gasteiger partial charge on any atom is 0.123 e. The van der Waals surface area contributed by atoms with E-state index < -0.39 is 0 Å². The number of aromatic nitrogens is 2. The molecular formula is C16H13N3O. The lowest BCUT2D eigenvalue weighted by Gasteiger charge is -2.10. The van der Waals surface area contributed by atoms with Crippen molar-refractivity contribution in [1.29, 1.82) is 5.26 Å². The Bertz CT molecular complexity index is 799. The van der Waals surface area contributed by atoms with Gasteiger partial charge < -0.3 is 9.30 Å². The third-order valence-corrected chi connectivity index (χ3v) is 3.28. The summed E-state index contributed by atoms with van der Waals surface area (Å²) in [5.74, 6) is 0.779. The van der Waals surface area contributed by atoms with Crippen molar-refractivity contribution in [3.63, 3.8) is 0 Å². The second-order valence-electron chi connectivity index (χ2n) is 4.50. The van der Waals surface area contributed by atoms with Gasteiger partial charge in [-0.2, -0.15) is 5.26 Å². The number of rotatable bonds is 3. The molecular weight excluding hydrogens is 250 g/mol. The Morgan fingerprint density at radius 3 is 2.90 bits per heavy atom. The molecule has 1 heterocycles. The zero-order valence-corrected chi connectivity index (χ0v) is 11.1. The normalized spacial score (nSPS) is 10.4. The second-order valence-corrected chi connectivity index (χ2v) is 4.50. The van der Waals surface area contributed by atoms with Gasteiger partial charge in [-0.1, -0.05) is 12.1 Å². The SMILES string of the molecule is COc1ccc(C#N)cc1Cn1cnc2ccccc21. The highest BCUT2D eigenvalue weighted by atomic mass is 16.5. The van der Waals surface area contributed by atoms with Gasteiger partial charge in [0.2, 0.25) is 0 Å². The number of hydrogen-bond donors (Lipinski definition) is 0. The van der Waals surface area contributed by atoms with Crippen LogP contribution in [0.25, 0.3) is 11.0 Å². The van der Waals surface area contributed by atoms with Crippen LogP contribution in [0.5, 0.6) is 5.75 Å². The minimum absolute atomic E-state index is 0.624. The summed E-state index contributed by atoms with van der Waals surface area (Å²) < 4.78 is 7.41. The van der Waals surface area contributed by atoms with Crippen LogP contribution < -0.4 is 4.74 Å². The van der Waals surface area contributed by atoms with Crippen molar-refractivity contribution in [2.24, 2.45) is 0 Å². The number of imidazole rings is 1. The Balaban J connectivity index is 2.04. The molecule has 2 aromatic carbocycles.